The zero-order valence-electron chi connectivity index (χ0n) is 13.5. The lowest BCUT2D eigenvalue weighted by atomic mass is 9.92. The third-order valence-corrected chi connectivity index (χ3v) is 4.97. The summed E-state index contributed by atoms with van der Waals surface area (Å²) >= 11 is 6.38. The van der Waals surface area contributed by atoms with Crippen LogP contribution in [0.4, 0.5) is 0 Å². The van der Waals surface area contributed by atoms with E-state index >= 15 is 0 Å². The van der Waals surface area contributed by atoms with Crippen LogP contribution in [0.25, 0.3) is 0 Å². The molecular weight excluding hydrogens is 272 g/mol. The van der Waals surface area contributed by atoms with Crippen LogP contribution in [-0.2, 0) is 13.6 Å². The summed E-state index contributed by atoms with van der Waals surface area (Å²) in [6, 6.07) is 0.541. The van der Waals surface area contributed by atoms with Crippen molar-refractivity contribution in [1.29, 1.82) is 0 Å². The lowest BCUT2D eigenvalue weighted by Crippen LogP contribution is -2.62. The molecule has 0 spiro atoms. The van der Waals surface area contributed by atoms with Crippen LogP contribution in [0.2, 0.25) is 5.15 Å². The lowest BCUT2D eigenvalue weighted by molar-refractivity contribution is 0.0473. The van der Waals surface area contributed by atoms with Gasteiger partial charge in [0, 0.05) is 43.8 Å². The van der Waals surface area contributed by atoms with Crippen molar-refractivity contribution in [3.05, 3.63) is 16.4 Å². The molecule has 4 nitrogen and oxygen atoms in total. The van der Waals surface area contributed by atoms with Crippen molar-refractivity contribution in [1.82, 2.24) is 20.0 Å². The van der Waals surface area contributed by atoms with Crippen molar-refractivity contribution in [2.45, 2.75) is 52.7 Å². The molecule has 0 aliphatic carbocycles. The number of nitrogens with one attached hydrogen (secondary N) is 1. The molecule has 1 aliphatic rings. The molecule has 114 valence electrons. The normalized spacial score (nSPS) is 23.5. The molecule has 1 unspecified atom stereocenters. The van der Waals surface area contributed by atoms with Gasteiger partial charge in [0.1, 0.15) is 5.15 Å². The first kappa shape index (κ1) is 15.8. The van der Waals surface area contributed by atoms with Crippen molar-refractivity contribution in [2.75, 3.05) is 13.1 Å². The summed E-state index contributed by atoms with van der Waals surface area (Å²) in [6.45, 7) is 14.1. The molecule has 5 heteroatoms. The number of halogens is 1. The maximum absolute atomic E-state index is 6.38. The van der Waals surface area contributed by atoms with Crippen molar-refractivity contribution >= 4 is 11.6 Å². The largest absolute Gasteiger partial charge is 0.311 e. The van der Waals surface area contributed by atoms with Gasteiger partial charge in [0.15, 0.2) is 0 Å². The highest BCUT2D eigenvalue weighted by atomic mass is 35.5. The number of rotatable bonds is 3. The first-order valence-corrected chi connectivity index (χ1v) is 7.76. The molecule has 1 fully saturated rings. The number of nitrogens with zero attached hydrogens (tertiary/aromatic N) is 3. The summed E-state index contributed by atoms with van der Waals surface area (Å²) in [6.07, 6.45) is 0. The molecule has 1 aromatic heterocycles. The molecule has 0 bridgehead atoms. The van der Waals surface area contributed by atoms with Crippen LogP contribution in [0, 0.1) is 12.8 Å². The van der Waals surface area contributed by atoms with Gasteiger partial charge in [-0.25, -0.2) is 0 Å². The van der Waals surface area contributed by atoms with Gasteiger partial charge in [-0.3, -0.25) is 9.58 Å². The first-order chi connectivity index (χ1) is 9.22. The summed E-state index contributed by atoms with van der Waals surface area (Å²) in [5, 5.41) is 8.85. The molecule has 1 aliphatic heterocycles. The number of aryl methyl sites for hydroxylation is 2. The van der Waals surface area contributed by atoms with E-state index in [4.69, 9.17) is 11.6 Å². The number of hydrogen-bond acceptors (Lipinski definition) is 3. The zero-order valence-corrected chi connectivity index (χ0v) is 14.3. The molecule has 1 atom stereocenters. The number of aromatic nitrogens is 2. The molecule has 0 saturated carbocycles. The minimum Gasteiger partial charge on any atom is -0.311 e. The molecule has 1 saturated heterocycles. The van der Waals surface area contributed by atoms with Crippen LogP contribution >= 0.6 is 11.6 Å². The summed E-state index contributed by atoms with van der Waals surface area (Å²) in [4.78, 5) is 2.53. The zero-order chi connectivity index (χ0) is 15.1. The van der Waals surface area contributed by atoms with E-state index in [0.29, 0.717) is 12.0 Å². The van der Waals surface area contributed by atoms with Crippen LogP contribution < -0.4 is 5.32 Å². The second-order valence-electron chi connectivity index (χ2n) is 6.90. The third kappa shape index (κ3) is 3.02. The molecule has 1 aromatic rings. The Labute approximate surface area is 127 Å². The minimum atomic E-state index is 0.136. The van der Waals surface area contributed by atoms with Crippen LogP contribution in [0.1, 0.15) is 39.0 Å². The number of piperazine rings is 1. The number of hydrogen-bond donors (Lipinski definition) is 1. The Morgan fingerprint density at radius 3 is 2.60 bits per heavy atom. The highest BCUT2D eigenvalue weighted by Gasteiger charge is 2.35. The molecule has 0 aromatic carbocycles. The van der Waals surface area contributed by atoms with Crippen molar-refractivity contribution < 1.29 is 0 Å². The molecule has 0 radical (unpaired) electrons. The van der Waals surface area contributed by atoms with Gasteiger partial charge in [-0.05, 0) is 26.7 Å². The van der Waals surface area contributed by atoms with E-state index in [1.54, 1.807) is 4.68 Å². The Balaban J connectivity index is 2.20. The maximum atomic E-state index is 6.38. The monoisotopic (exact) mass is 298 g/mol. The van der Waals surface area contributed by atoms with Gasteiger partial charge in [-0.2, -0.15) is 5.10 Å². The molecule has 2 rings (SSSR count). The Morgan fingerprint density at radius 1 is 1.45 bits per heavy atom. The first-order valence-electron chi connectivity index (χ1n) is 7.39. The fourth-order valence-corrected chi connectivity index (χ4v) is 3.05. The highest BCUT2D eigenvalue weighted by molar-refractivity contribution is 6.30. The van der Waals surface area contributed by atoms with Crippen molar-refractivity contribution in [2.24, 2.45) is 13.0 Å². The molecule has 20 heavy (non-hydrogen) atoms. The third-order valence-electron chi connectivity index (χ3n) is 4.49. The average molecular weight is 299 g/mol. The predicted molar refractivity (Wildman–Crippen MR) is 84.1 cm³/mol. The predicted octanol–water partition coefficient (Wildman–Crippen LogP) is 2.59. The summed E-state index contributed by atoms with van der Waals surface area (Å²) in [5.74, 6) is 0.638. The second-order valence-corrected chi connectivity index (χ2v) is 7.26. The Hall–Kier alpha value is -0.580. The molecule has 2 heterocycles. The van der Waals surface area contributed by atoms with Crippen LogP contribution in [0.15, 0.2) is 0 Å². The quantitative estimate of drug-likeness (QED) is 0.931. The maximum Gasteiger partial charge on any atom is 0.131 e. The highest BCUT2D eigenvalue weighted by Crippen LogP contribution is 2.27. The van der Waals surface area contributed by atoms with Crippen molar-refractivity contribution in [3.8, 4) is 0 Å². The Kier molecular flexibility index (Phi) is 4.47. The Bertz CT molecular complexity index is 478. The minimum absolute atomic E-state index is 0.136. The molecular formula is C15H27ClN4. The van der Waals surface area contributed by atoms with Crippen LogP contribution in [-0.4, -0.2) is 39.4 Å². The van der Waals surface area contributed by atoms with E-state index in [2.05, 4.69) is 43.0 Å². The molecule has 0 amide bonds. The van der Waals surface area contributed by atoms with E-state index in [0.717, 1.165) is 36.0 Å². The van der Waals surface area contributed by atoms with E-state index < -0.39 is 0 Å². The van der Waals surface area contributed by atoms with Gasteiger partial charge in [0.05, 0.1) is 5.69 Å². The fourth-order valence-electron chi connectivity index (χ4n) is 2.81. The van der Waals surface area contributed by atoms with E-state index in [9.17, 15) is 0 Å². The summed E-state index contributed by atoms with van der Waals surface area (Å²) in [7, 11) is 1.90. The standard InChI is InChI=1S/C15H27ClN4/c1-10(2)13-8-20(15(4,5)9-17-13)7-12-11(3)18-19(6)14(12)16/h10,13,17H,7-9H2,1-6H3. The fraction of sp³-hybridized carbons (Fsp3) is 0.800. The van der Waals surface area contributed by atoms with Crippen molar-refractivity contribution in [3.63, 3.8) is 0 Å². The lowest BCUT2D eigenvalue weighted by Gasteiger charge is -2.47. The summed E-state index contributed by atoms with van der Waals surface area (Å²) < 4.78 is 1.77. The van der Waals surface area contributed by atoms with Crippen LogP contribution in [0.3, 0.4) is 0 Å². The van der Waals surface area contributed by atoms with Gasteiger partial charge in [0.25, 0.3) is 0 Å². The van der Waals surface area contributed by atoms with Crippen LogP contribution in [0.5, 0.6) is 0 Å². The Morgan fingerprint density at radius 2 is 2.10 bits per heavy atom. The smallest absolute Gasteiger partial charge is 0.131 e. The topological polar surface area (TPSA) is 33.1 Å². The van der Waals surface area contributed by atoms with Gasteiger partial charge < -0.3 is 5.32 Å². The van der Waals surface area contributed by atoms with Gasteiger partial charge >= 0.3 is 0 Å². The van der Waals surface area contributed by atoms with Gasteiger partial charge in [-0.1, -0.05) is 25.4 Å². The van der Waals surface area contributed by atoms with E-state index in [1.165, 1.54) is 0 Å². The average Bonchev–Trinajstić information content (AvgIpc) is 2.57. The SMILES string of the molecule is Cc1nn(C)c(Cl)c1CN1CC(C(C)C)NCC1(C)C. The van der Waals surface area contributed by atoms with E-state index in [-0.39, 0.29) is 5.54 Å². The van der Waals surface area contributed by atoms with E-state index in [1.807, 2.05) is 14.0 Å². The summed E-state index contributed by atoms with van der Waals surface area (Å²) in [5.41, 5.74) is 2.33. The van der Waals surface area contributed by atoms with Gasteiger partial charge in [-0.15, -0.1) is 0 Å². The van der Waals surface area contributed by atoms with Gasteiger partial charge in [0.2, 0.25) is 0 Å². The molecule has 1 N–H and O–H groups in total. The second kappa shape index (κ2) is 5.66.